The van der Waals surface area contributed by atoms with Crippen molar-refractivity contribution in [1.29, 1.82) is 0 Å². The molecule has 0 saturated heterocycles. The topological polar surface area (TPSA) is 118 Å². The van der Waals surface area contributed by atoms with Crippen LogP contribution in [0.3, 0.4) is 0 Å². The second-order valence-corrected chi connectivity index (χ2v) is 5.14. The van der Waals surface area contributed by atoms with E-state index in [1.54, 1.807) is 12.3 Å². The van der Waals surface area contributed by atoms with Crippen LogP contribution in [0.4, 0.5) is 28.8 Å². The third-order valence-corrected chi connectivity index (χ3v) is 3.27. The van der Waals surface area contributed by atoms with Crippen LogP contribution in [0.25, 0.3) is 0 Å². The minimum absolute atomic E-state index is 0.0407. The van der Waals surface area contributed by atoms with Crippen molar-refractivity contribution in [1.82, 2.24) is 15.0 Å². The maximum absolute atomic E-state index is 11.5. The van der Waals surface area contributed by atoms with Gasteiger partial charge in [-0.15, -0.1) is 0 Å². The molecule has 3 N–H and O–H groups in total. The van der Waals surface area contributed by atoms with E-state index in [0.29, 0.717) is 5.82 Å². The fourth-order valence-electron chi connectivity index (χ4n) is 2.11. The first kappa shape index (κ1) is 16.1. The fraction of sp³-hybridized carbons (Fsp3) is 0.0625. The first-order valence-corrected chi connectivity index (χ1v) is 7.39. The number of hydrazine groups is 1. The lowest BCUT2D eigenvalue weighted by atomic mass is 10.3. The number of aryl methyl sites for hydroxylation is 1. The van der Waals surface area contributed by atoms with Gasteiger partial charge >= 0.3 is 5.69 Å². The molecule has 126 valence electrons. The number of aromatic nitrogens is 3. The number of nitrogens with one attached hydrogen (secondary N) is 3. The van der Waals surface area contributed by atoms with Gasteiger partial charge in [0.25, 0.3) is 0 Å². The van der Waals surface area contributed by atoms with Crippen LogP contribution in [-0.2, 0) is 0 Å². The second kappa shape index (κ2) is 7.21. The van der Waals surface area contributed by atoms with E-state index in [-0.39, 0.29) is 17.3 Å². The molecular weight excluding hydrogens is 322 g/mol. The summed E-state index contributed by atoms with van der Waals surface area (Å²) in [7, 11) is 0. The van der Waals surface area contributed by atoms with Gasteiger partial charge in [-0.25, -0.2) is 15.0 Å². The summed E-state index contributed by atoms with van der Waals surface area (Å²) in [5, 5.41) is 14.4. The van der Waals surface area contributed by atoms with E-state index < -0.39 is 4.92 Å². The normalized spacial score (nSPS) is 10.1. The third-order valence-electron chi connectivity index (χ3n) is 3.27. The van der Waals surface area contributed by atoms with Crippen molar-refractivity contribution in [2.75, 3.05) is 16.2 Å². The Hall–Kier alpha value is -3.75. The third kappa shape index (κ3) is 3.96. The molecular formula is C16H15N7O2. The van der Waals surface area contributed by atoms with Gasteiger partial charge in [0.2, 0.25) is 11.6 Å². The zero-order valence-corrected chi connectivity index (χ0v) is 13.3. The largest absolute Gasteiger partial charge is 0.355 e. The Morgan fingerprint density at radius 3 is 2.48 bits per heavy atom. The van der Waals surface area contributed by atoms with Crippen LogP contribution in [0.5, 0.6) is 0 Å². The summed E-state index contributed by atoms with van der Waals surface area (Å²) in [6.07, 6.45) is 2.85. The smallest absolute Gasteiger partial charge is 0.319 e. The van der Waals surface area contributed by atoms with Gasteiger partial charge in [-0.3, -0.25) is 21.0 Å². The molecule has 0 fully saturated rings. The van der Waals surface area contributed by atoms with Gasteiger partial charge in [0, 0.05) is 6.20 Å². The van der Waals surface area contributed by atoms with Crippen LogP contribution >= 0.6 is 0 Å². The highest BCUT2D eigenvalue weighted by Crippen LogP contribution is 2.30. The molecule has 0 saturated carbocycles. The van der Waals surface area contributed by atoms with E-state index >= 15 is 0 Å². The van der Waals surface area contributed by atoms with Crippen molar-refractivity contribution in [2.45, 2.75) is 6.92 Å². The molecule has 1 aromatic carbocycles. The Morgan fingerprint density at radius 2 is 1.76 bits per heavy atom. The van der Waals surface area contributed by atoms with Crippen LogP contribution in [0.2, 0.25) is 0 Å². The van der Waals surface area contributed by atoms with Crippen LogP contribution in [0.15, 0.2) is 55.0 Å². The Bertz CT molecular complexity index is 887. The SMILES string of the molecule is Cc1ccnc(Nc2ncnc(NNc3ccccc3)c2[N+](=O)[O-])c1. The van der Waals surface area contributed by atoms with E-state index in [9.17, 15) is 10.1 Å². The van der Waals surface area contributed by atoms with Gasteiger partial charge in [-0.05, 0) is 36.8 Å². The zero-order valence-electron chi connectivity index (χ0n) is 13.3. The molecule has 9 heteroatoms. The molecule has 2 aromatic heterocycles. The minimum Gasteiger partial charge on any atom is -0.319 e. The quantitative estimate of drug-likeness (QED) is 0.463. The van der Waals surface area contributed by atoms with Crippen molar-refractivity contribution in [3.05, 3.63) is 70.7 Å². The molecule has 0 atom stereocenters. The number of rotatable bonds is 6. The predicted molar refractivity (Wildman–Crippen MR) is 94.6 cm³/mol. The highest BCUT2D eigenvalue weighted by atomic mass is 16.6. The number of hydrogen-bond acceptors (Lipinski definition) is 8. The molecule has 0 amide bonds. The Labute approximate surface area is 143 Å². The van der Waals surface area contributed by atoms with Crippen LogP contribution < -0.4 is 16.2 Å². The first-order chi connectivity index (χ1) is 12.1. The van der Waals surface area contributed by atoms with Gasteiger partial charge < -0.3 is 5.32 Å². The van der Waals surface area contributed by atoms with Crippen LogP contribution in [-0.4, -0.2) is 19.9 Å². The van der Waals surface area contributed by atoms with Crippen molar-refractivity contribution in [2.24, 2.45) is 0 Å². The molecule has 0 aliphatic heterocycles. The maximum atomic E-state index is 11.5. The van der Waals surface area contributed by atoms with Crippen LogP contribution in [0, 0.1) is 17.0 Å². The molecule has 2 heterocycles. The molecule has 3 rings (SSSR count). The first-order valence-electron chi connectivity index (χ1n) is 7.39. The number of benzene rings is 1. The van der Waals surface area contributed by atoms with Gasteiger partial charge in [0.15, 0.2) is 0 Å². The number of pyridine rings is 1. The maximum Gasteiger partial charge on any atom is 0.355 e. The summed E-state index contributed by atoms with van der Waals surface area (Å²) < 4.78 is 0. The van der Waals surface area contributed by atoms with Crippen molar-refractivity contribution in [3.63, 3.8) is 0 Å². The summed E-state index contributed by atoms with van der Waals surface area (Å²) in [4.78, 5) is 23.0. The zero-order chi connectivity index (χ0) is 17.6. The average molecular weight is 337 g/mol. The minimum atomic E-state index is -0.548. The molecule has 0 spiro atoms. The molecule has 0 bridgehead atoms. The van der Waals surface area contributed by atoms with E-state index in [4.69, 9.17) is 0 Å². The van der Waals surface area contributed by atoms with E-state index in [1.165, 1.54) is 6.33 Å². The Balaban J connectivity index is 1.87. The lowest BCUT2D eigenvalue weighted by Crippen LogP contribution is -2.13. The van der Waals surface area contributed by atoms with Crippen molar-refractivity contribution < 1.29 is 4.92 Å². The number of hydrogen-bond donors (Lipinski definition) is 3. The molecule has 0 aliphatic carbocycles. The van der Waals surface area contributed by atoms with Gasteiger partial charge in [0.1, 0.15) is 12.1 Å². The molecule has 25 heavy (non-hydrogen) atoms. The Kier molecular flexibility index (Phi) is 4.65. The average Bonchev–Trinajstić information content (AvgIpc) is 2.61. The lowest BCUT2D eigenvalue weighted by Gasteiger charge is -2.11. The van der Waals surface area contributed by atoms with E-state index in [1.807, 2.05) is 43.3 Å². The molecule has 0 unspecified atom stereocenters. The molecule has 3 aromatic rings. The van der Waals surface area contributed by atoms with Gasteiger partial charge in [-0.1, -0.05) is 18.2 Å². The standard InChI is InChI=1S/C16H15N7O2/c1-11-7-8-17-13(9-11)20-15-14(23(24)25)16(19-10-18-15)22-21-12-5-3-2-4-6-12/h2-10,21H,1H3,(H2,17,18,19,20,22). The molecule has 9 nitrogen and oxygen atoms in total. The predicted octanol–water partition coefficient (Wildman–Crippen LogP) is 3.27. The second-order valence-electron chi connectivity index (χ2n) is 5.14. The summed E-state index contributed by atoms with van der Waals surface area (Å²) in [5.74, 6) is 0.554. The van der Waals surface area contributed by atoms with Gasteiger partial charge in [0.05, 0.1) is 10.6 Å². The fourth-order valence-corrected chi connectivity index (χ4v) is 2.11. The number of para-hydroxylation sites is 1. The summed E-state index contributed by atoms with van der Waals surface area (Å²) in [6.45, 7) is 1.90. The highest BCUT2D eigenvalue weighted by Gasteiger charge is 2.23. The summed E-state index contributed by atoms with van der Waals surface area (Å²) >= 11 is 0. The van der Waals surface area contributed by atoms with Gasteiger partial charge in [-0.2, -0.15) is 0 Å². The van der Waals surface area contributed by atoms with Crippen molar-refractivity contribution in [3.8, 4) is 0 Å². The summed E-state index contributed by atoms with van der Waals surface area (Å²) in [6, 6.07) is 12.8. The van der Waals surface area contributed by atoms with Crippen molar-refractivity contribution >= 4 is 28.8 Å². The molecule has 0 radical (unpaired) electrons. The van der Waals surface area contributed by atoms with Crippen LogP contribution in [0.1, 0.15) is 5.56 Å². The Morgan fingerprint density at radius 1 is 1.00 bits per heavy atom. The number of anilines is 4. The number of nitrogens with zero attached hydrogens (tertiary/aromatic N) is 4. The monoisotopic (exact) mass is 337 g/mol. The number of nitro groups is 1. The van der Waals surface area contributed by atoms with E-state index in [0.717, 1.165) is 11.3 Å². The van der Waals surface area contributed by atoms with E-state index in [2.05, 4.69) is 31.1 Å². The highest BCUT2D eigenvalue weighted by molar-refractivity contribution is 5.73. The summed E-state index contributed by atoms with van der Waals surface area (Å²) in [5.41, 5.74) is 7.04. The molecule has 0 aliphatic rings. The lowest BCUT2D eigenvalue weighted by molar-refractivity contribution is -0.383.